The quantitative estimate of drug-likeness (QED) is 0.586. The van der Waals surface area contributed by atoms with Crippen LogP contribution in [0.25, 0.3) is 0 Å². The highest BCUT2D eigenvalue weighted by molar-refractivity contribution is 5.81. The Hall–Kier alpha value is -0.790. The molecule has 0 aliphatic carbocycles. The first-order chi connectivity index (χ1) is 7.06. The number of nitrogens with zero attached hydrogens (tertiary/aromatic N) is 1. The molecule has 3 N–H and O–H groups in total. The van der Waals surface area contributed by atoms with Gasteiger partial charge in [0.1, 0.15) is 6.10 Å². The van der Waals surface area contributed by atoms with Crippen LogP contribution in [0.1, 0.15) is 0 Å². The summed E-state index contributed by atoms with van der Waals surface area (Å²) in [5, 5.41) is 8.61. The van der Waals surface area contributed by atoms with Crippen molar-refractivity contribution in [2.24, 2.45) is 5.73 Å². The third-order valence-electron chi connectivity index (χ3n) is 1.81. The largest absolute Gasteiger partial charge is 0.395 e. The Morgan fingerprint density at radius 2 is 2.20 bits per heavy atom. The molecular formula is C8H16F2N2O3. The zero-order chi connectivity index (χ0) is 11.8. The van der Waals surface area contributed by atoms with Gasteiger partial charge in [0.05, 0.1) is 13.2 Å². The molecular weight excluding hydrogens is 210 g/mol. The van der Waals surface area contributed by atoms with Crippen molar-refractivity contribution in [1.82, 2.24) is 4.90 Å². The Bertz CT molecular complexity index is 189. The van der Waals surface area contributed by atoms with Crippen LogP contribution in [-0.4, -0.2) is 61.8 Å². The van der Waals surface area contributed by atoms with Crippen molar-refractivity contribution in [3.8, 4) is 0 Å². The fourth-order valence-electron chi connectivity index (χ4n) is 1.08. The summed E-state index contributed by atoms with van der Waals surface area (Å²) >= 11 is 0. The maximum absolute atomic E-state index is 12.1. The van der Waals surface area contributed by atoms with E-state index in [0.29, 0.717) is 0 Å². The molecule has 1 atom stereocenters. The second-order valence-electron chi connectivity index (χ2n) is 2.86. The number of methoxy groups -OCH3 is 1. The lowest BCUT2D eigenvalue weighted by atomic mass is 10.3. The summed E-state index contributed by atoms with van der Waals surface area (Å²) in [4.78, 5) is 12.3. The lowest BCUT2D eigenvalue weighted by Gasteiger charge is -2.25. The molecule has 0 rings (SSSR count). The minimum atomic E-state index is -2.64. The molecule has 0 bridgehead atoms. The minimum absolute atomic E-state index is 0.0828. The summed E-state index contributed by atoms with van der Waals surface area (Å²) in [6, 6.07) is 0. The van der Waals surface area contributed by atoms with Crippen LogP contribution in [0.2, 0.25) is 0 Å². The molecule has 1 unspecified atom stereocenters. The van der Waals surface area contributed by atoms with Crippen LogP contribution in [0.3, 0.4) is 0 Å². The van der Waals surface area contributed by atoms with E-state index in [2.05, 4.69) is 0 Å². The molecule has 0 aromatic heterocycles. The molecule has 0 saturated carbocycles. The van der Waals surface area contributed by atoms with E-state index in [1.54, 1.807) is 0 Å². The summed E-state index contributed by atoms with van der Waals surface area (Å²) in [5.74, 6) is -0.630. The van der Waals surface area contributed by atoms with Crippen molar-refractivity contribution in [1.29, 1.82) is 0 Å². The maximum Gasteiger partial charge on any atom is 0.255 e. The molecule has 0 saturated heterocycles. The van der Waals surface area contributed by atoms with Gasteiger partial charge in [-0.1, -0.05) is 0 Å². The number of hydrogen-bond donors (Lipinski definition) is 2. The Balaban J connectivity index is 4.38. The van der Waals surface area contributed by atoms with E-state index in [1.165, 1.54) is 7.11 Å². The van der Waals surface area contributed by atoms with Gasteiger partial charge in [-0.05, 0) is 0 Å². The summed E-state index contributed by atoms with van der Waals surface area (Å²) in [6.45, 7) is -1.33. The van der Waals surface area contributed by atoms with E-state index in [1.807, 2.05) is 0 Å². The third-order valence-corrected chi connectivity index (χ3v) is 1.81. The highest BCUT2D eigenvalue weighted by Gasteiger charge is 2.24. The summed E-state index contributed by atoms with van der Waals surface area (Å²) in [7, 11) is 1.27. The van der Waals surface area contributed by atoms with Gasteiger partial charge in [-0.3, -0.25) is 4.79 Å². The molecule has 1 amide bonds. The van der Waals surface area contributed by atoms with Gasteiger partial charge in [-0.15, -0.1) is 0 Å². The van der Waals surface area contributed by atoms with Crippen molar-refractivity contribution in [3.63, 3.8) is 0 Å². The molecule has 0 fully saturated rings. The van der Waals surface area contributed by atoms with Gasteiger partial charge in [0.2, 0.25) is 0 Å². The minimum Gasteiger partial charge on any atom is -0.395 e. The monoisotopic (exact) mass is 226 g/mol. The lowest BCUT2D eigenvalue weighted by Crippen LogP contribution is -2.46. The second-order valence-corrected chi connectivity index (χ2v) is 2.86. The van der Waals surface area contributed by atoms with Gasteiger partial charge in [0, 0.05) is 20.2 Å². The number of halogens is 2. The van der Waals surface area contributed by atoms with Crippen LogP contribution in [0.4, 0.5) is 8.78 Å². The van der Waals surface area contributed by atoms with E-state index < -0.39 is 25.0 Å². The number of aliphatic hydroxyl groups excluding tert-OH is 1. The predicted molar refractivity (Wildman–Crippen MR) is 49.5 cm³/mol. The number of carbonyl (C=O) groups excluding carboxylic acids is 1. The SMILES string of the molecule is COC(CN)C(=O)N(CCO)CC(F)F. The molecule has 90 valence electrons. The Kier molecular flexibility index (Phi) is 7.10. The average molecular weight is 226 g/mol. The Morgan fingerprint density at radius 1 is 1.60 bits per heavy atom. The van der Waals surface area contributed by atoms with Crippen LogP contribution in [0.5, 0.6) is 0 Å². The van der Waals surface area contributed by atoms with E-state index in [9.17, 15) is 13.6 Å². The number of aliphatic hydroxyl groups is 1. The van der Waals surface area contributed by atoms with Crippen LogP contribution in [-0.2, 0) is 9.53 Å². The van der Waals surface area contributed by atoms with Crippen molar-refractivity contribution in [2.75, 3.05) is 33.4 Å². The second kappa shape index (κ2) is 7.49. The van der Waals surface area contributed by atoms with Gasteiger partial charge in [-0.25, -0.2) is 8.78 Å². The molecule has 15 heavy (non-hydrogen) atoms. The van der Waals surface area contributed by atoms with Crippen molar-refractivity contribution in [3.05, 3.63) is 0 Å². The first kappa shape index (κ1) is 14.2. The van der Waals surface area contributed by atoms with E-state index >= 15 is 0 Å². The molecule has 0 aliphatic heterocycles. The smallest absolute Gasteiger partial charge is 0.255 e. The number of hydrogen-bond acceptors (Lipinski definition) is 4. The molecule has 5 nitrogen and oxygen atoms in total. The van der Waals surface area contributed by atoms with Gasteiger partial charge in [-0.2, -0.15) is 0 Å². The Morgan fingerprint density at radius 3 is 2.53 bits per heavy atom. The topological polar surface area (TPSA) is 75.8 Å². The normalized spacial score (nSPS) is 12.9. The number of ether oxygens (including phenoxy) is 1. The highest BCUT2D eigenvalue weighted by atomic mass is 19.3. The average Bonchev–Trinajstić information content (AvgIpc) is 2.18. The summed E-state index contributed by atoms with van der Waals surface area (Å²) < 4.78 is 28.9. The van der Waals surface area contributed by atoms with E-state index in [-0.39, 0.29) is 19.7 Å². The number of carbonyl (C=O) groups is 1. The molecule has 0 aromatic carbocycles. The standard InChI is InChI=1S/C8H16F2N2O3/c1-15-6(4-11)8(14)12(2-3-13)5-7(9)10/h6-7,13H,2-5,11H2,1H3. The van der Waals surface area contributed by atoms with Crippen molar-refractivity contribution >= 4 is 5.91 Å². The first-order valence-electron chi connectivity index (χ1n) is 4.47. The molecule has 0 aliphatic rings. The summed E-state index contributed by atoms with van der Waals surface area (Å²) in [5.41, 5.74) is 5.23. The lowest BCUT2D eigenvalue weighted by molar-refractivity contribution is -0.143. The highest BCUT2D eigenvalue weighted by Crippen LogP contribution is 2.02. The number of alkyl halides is 2. The van der Waals surface area contributed by atoms with Crippen LogP contribution < -0.4 is 5.73 Å². The molecule has 7 heteroatoms. The van der Waals surface area contributed by atoms with Gasteiger partial charge >= 0.3 is 0 Å². The number of amides is 1. The van der Waals surface area contributed by atoms with Crippen LogP contribution in [0, 0.1) is 0 Å². The molecule has 0 heterocycles. The Labute approximate surface area is 86.8 Å². The van der Waals surface area contributed by atoms with E-state index in [4.69, 9.17) is 15.6 Å². The number of rotatable bonds is 7. The first-order valence-corrected chi connectivity index (χ1v) is 4.47. The van der Waals surface area contributed by atoms with Gasteiger partial charge in [0.15, 0.2) is 0 Å². The van der Waals surface area contributed by atoms with Crippen molar-refractivity contribution < 1.29 is 23.4 Å². The fraction of sp³-hybridized carbons (Fsp3) is 0.875. The van der Waals surface area contributed by atoms with Gasteiger partial charge in [0.25, 0.3) is 12.3 Å². The molecule has 0 spiro atoms. The maximum atomic E-state index is 12.1. The van der Waals surface area contributed by atoms with Crippen LogP contribution in [0.15, 0.2) is 0 Å². The number of nitrogens with two attached hydrogens (primary N) is 1. The zero-order valence-corrected chi connectivity index (χ0v) is 8.53. The molecule has 0 aromatic rings. The fourth-order valence-corrected chi connectivity index (χ4v) is 1.08. The summed E-state index contributed by atoms with van der Waals surface area (Å²) in [6.07, 6.45) is -3.58. The van der Waals surface area contributed by atoms with Crippen LogP contribution >= 0.6 is 0 Å². The van der Waals surface area contributed by atoms with Crippen molar-refractivity contribution in [2.45, 2.75) is 12.5 Å². The molecule has 0 radical (unpaired) electrons. The zero-order valence-electron chi connectivity index (χ0n) is 8.53. The van der Waals surface area contributed by atoms with E-state index in [0.717, 1.165) is 4.90 Å². The predicted octanol–water partition coefficient (Wildman–Crippen LogP) is -0.954. The van der Waals surface area contributed by atoms with Gasteiger partial charge < -0.3 is 20.5 Å². The third kappa shape index (κ3) is 5.01.